The van der Waals surface area contributed by atoms with E-state index in [0.29, 0.717) is 12.6 Å². The summed E-state index contributed by atoms with van der Waals surface area (Å²) in [7, 11) is 0. The lowest BCUT2D eigenvalue weighted by Gasteiger charge is -2.17. The van der Waals surface area contributed by atoms with Gasteiger partial charge < -0.3 is 15.2 Å². The lowest BCUT2D eigenvalue weighted by atomic mass is 10.1. The predicted octanol–water partition coefficient (Wildman–Crippen LogP) is 1.72. The van der Waals surface area contributed by atoms with E-state index in [1.807, 2.05) is 6.08 Å². The maximum Gasteiger partial charge on any atom is 0.0697 e. The van der Waals surface area contributed by atoms with E-state index in [-0.39, 0.29) is 6.61 Å². The highest BCUT2D eigenvalue weighted by atomic mass is 16.5. The van der Waals surface area contributed by atoms with Crippen molar-refractivity contribution in [3.8, 4) is 0 Å². The molecule has 0 aliphatic heterocycles. The molecule has 1 unspecified atom stereocenters. The van der Waals surface area contributed by atoms with E-state index in [1.54, 1.807) is 0 Å². The molecular formula is C13H25NO2. The predicted molar refractivity (Wildman–Crippen MR) is 66.5 cm³/mol. The number of aliphatic hydroxyl groups excluding tert-OH is 1. The molecule has 2 N–H and O–H groups in total. The molecule has 3 heteroatoms. The van der Waals surface area contributed by atoms with Crippen LogP contribution < -0.4 is 5.32 Å². The van der Waals surface area contributed by atoms with Crippen LogP contribution in [0.5, 0.6) is 0 Å². The molecule has 1 aliphatic carbocycles. The molecule has 1 aliphatic rings. The molecule has 0 aromatic rings. The molecule has 0 aromatic heterocycles. The maximum atomic E-state index is 8.54. The van der Waals surface area contributed by atoms with Gasteiger partial charge in [-0.1, -0.05) is 6.08 Å². The van der Waals surface area contributed by atoms with Gasteiger partial charge in [-0.25, -0.2) is 0 Å². The summed E-state index contributed by atoms with van der Waals surface area (Å²) in [5.41, 5.74) is 0. The Morgan fingerprint density at radius 2 is 2.25 bits per heavy atom. The topological polar surface area (TPSA) is 41.5 Å². The Morgan fingerprint density at radius 1 is 1.44 bits per heavy atom. The summed E-state index contributed by atoms with van der Waals surface area (Å²) in [6.07, 6.45) is 8.12. The van der Waals surface area contributed by atoms with Crippen LogP contribution in [0.25, 0.3) is 0 Å². The van der Waals surface area contributed by atoms with E-state index in [9.17, 15) is 0 Å². The molecule has 1 rings (SSSR count). The van der Waals surface area contributed by atoms with E-state index in [1.165, 1.54) is 19.3 Å². The highest BCUT2D eigenvalue weighted by Crippen LogP contribution is 2.34. The monoisotopic (exact) mass is 227 g/mol. The first-order valence-electron chi connectivity index (χ1n) is 6.41. The Bertz CT molecular complexity index is 181. The minimum absolute atomic E-state index is 0.122. The average molecular weight is 227 g/mol. The molecule has 0 spiro atoms. The van der Waals surface area contributed by atoms with Gasteiger partial charge in [-0.05, 0) is 44.6 Å². The number of ether oxygens (including phenoxy) is 1. The van der Waals surface area contributed by atoms with Crippen molar-refractivity contribution in [2.75, 3.05) is 26.4 Å². The number of nitrogens with one attached hydrogen (secondary N) is 1. The molecule has 0 heterocycles. The molecule has 1 saturated carbocycles. The zero-order chi connectivity index (χ0) is 11.6. The summed E-state index contributed by atoms with van der Waals surface area (Å²) in [5.74, 6) is 0.901. The van der Waals surface area contributed by atoms with E-state index in [4.69, 9.17) is 9.84 Å². The van der Waals surface area contributed by atoms with Crippen molar-refractivity contribution in [2.45, 2.75) is 38.1 Å². The third-order valence-corrected chi connectivity index (χ3v) is 2.98. The fourth-order valence-electron chi connectivity index (χ4n) is 1.93. The molecule has 0 aromatic carbocycles. The van der Waals surface area contributed by atoms with Crippen molar-refractivity contribution >= 4 is 0 Å². The molecule has 94 valence electrons. The molecule has 0 radical (unpaired) electrons. The molecule has 1 atom stereocenters. The van der Waals surface area contributed by atoms with Crippen LogP contribution in [0.4, 0.5) is 0 Å². The smallest absolute Gasteiger partial charge is 0.0697 e. The molecule has 0 amide bonds. The van der Waals surface area contributed by atoms with Gasteiger partial charge in [-0.2, -0.15) is 0 Å². The average Bonchev–Trinajstić information content (AvgIpc) is 3.11. The van der Waals surface area contributed by atoms with Gasteiger partial charge in [-0.3, -0.25) is 0 Å². The molecule has 16 heavy (non-hydrogen) atoms. The summed E-state index contributed by atoms with van der Waals surface area (Å²) < 4.78 is 5.22. The van der Waals surface area contributed by atoms with E-state index in [0.717, 1.165) is 31.9 Å². The SMILES string of the molecule is C=CCCC(NCCCOCCO)C1CC1. The van der Waals surface area contributed by atoms with E-state index < -0.39 is 0 Å². The van der Waals surface area contributed by atoms with E-state index >= 15 is 0 Å². The quantitative estimate of drug-likeness (QED) is 0.417. The third-order valence-electron chi connectivity index (χ3n) is 2.98. The first kappa shape index (κ1) is 13.7. The van der Waals surface area contributed by atoms with Crippen LogP contribution in [-0.2, 0) is 4.74 Å². The van der Waals surface area contributed by atoms with Crippen molar-refractivity contribution in [2.24, 2.45) is 5.92 Å². The Morgan fingerprint density at radius 3 is 2.88 bits per heavy atom. The van der Waals surface area contributed by atoms with Crippen molar-refractivity contribution in [3.05, 3.63) is 12.7 Å². The van der Waals surface area contributed by atoms with Crippen LogP contribution in [0.1, 0.15) is 32.1 Å². The van der Waals surface area contributed by atoms with Crippen molar-refractivity contribution in [3.63, 3.8) is 0 Å². The van der Waals surface area contributed by atoms with Crippen molar-refractivity contribution < 1.29 is 9.84 Å². The Hall–Kier alpha value is -0.380. The minimum atomic E-state index is 0.122. The Balaban J connectivity index is 1.97. The van der Waals surface area contributed by atoms with Crippen LogP contribution in [0.2, 0.25) is 0 Å². The second-order valence-electron chi connectivity index (χ2n) is 4.45. The zero-order valence-corrected chi connectivity index (χ0v) is 10.2. The fraction of sp³-hybridized carbons (Fsp3) is 0.846. The van der Waals surface area contributed by atoms with Crippen LogP contribution in [-0.4, -0.2) is 37.5 Å². The highest BCUT2D eigenvalue weighted by Gasteiger charge is 2.29. The molecule has 0 bridgehead atoms. The Kier molecular flexibility index (Phi) is 7.47. The number of aliphatic hydroxyl groups is 1. The van der Waals surface area contributed by atoms with Gasteiger partial charge in [0.1, 0.15) is 0 Å². The standard InChI is InChI=1S/C13H25NO2/c1-2-3-5-13(12-6-7-12)14-8-4-10-16-11-9-15/h2,12-15H,1,3-11H2. The third kappa shape index (κ3) is 6.26. The maximum absolute atomic E-state index is 8.54. The van der Waals surface area contributed by atoms with Gasteiger partial charge in [0.25, 0.3) is 0 Å². The minimum Gasteiger partial charge on any atom is -0.394 e. The summed E-state index contributed by atoms with van der Waals surface area (Å²) in [5, 5.41) is 12.1. The van der Waals surface area contributed by atoms with Crippen LogP contribution in [0.3, 0.4) is 0 Å². The lowest BCUT2D eigenvalue weighted by molar-refractivity contribution is 0.0902. The second kappa shape index (κ2) is 8.74. The number of allylic oxidation sites excluding steroid dienone is 1. The highest BCUT2D eigenvalue weighted by molar-refractivity contribution is 4.87. The van der Waals surface area contributed by atoms with Gasteiger partial charge in [0.2, 0.25) is 0 Å². The molecular weight excluding hydrogens is 202 g/mol. The first-order valence-corrected chi connectivity index (χ1v) is 6.41. The largest absolute Gasteiger partial charge is 0.394 e. The summed E-state index contributed by atoms with van der Waals surface area (Å²) in [4.78, 5) is 0. The normalized spacial score (nSPS) is 17.3. The fourth-order valence-corrected chi connectivity index (χ4v) is 1.93. The summed E-state index contributed by atoms with van der Waals surface area (Å²) >= 11 is 0. The van der Waals surface area contributed by atoms with Crippen LogP contribution in [0.15, 0.2) is 12.7 Å². The van der Waals surface area contributed by atoms with Crippen molar-refractivity contribution in [1.82, 2.24) is 5.32 Å². The summed E-state index contributed by atoms with van der Waals surface area (Å²) in [6.45, 7) is 6.11. The second-order valence-corrected chi connectivity index (χ2v) is 4.45. The summed E-state index contributed by atoms with van der Waals surface area (Å²) in [6, 6.07) is 0.677. The van der Waals surface area contributed by atoms with Gasteiger partial charge >= 0.3 is 0 Å². The molecule has 1 fully saturated rings. The Labute approximate surface area is 98.9 Å². The molecule has 0 saturated heterocycles. The van der Waals surface area contributed by atoms with Crippen LogP contribution >= 0.6 is 0 Å². The number of rotatable bonds is 11. The lowest BCUT2D eigenvalue weighted by Crippen LogP contribution is -2.32. The number of hydrogen-bond acceptors (Lipinski definition) is 3. The number of hydrogen-bond donors (Lipinski definition) is 2. The zero-order valence-electron chi connectivity index (χ0n) is 10.2. The van der Waals surface area contributed by atoms with E-state index in [2.05, 4.69) is 11.9 Å². The first-order chi connectivity index (χ1) is 7.88. The van der Waals surface area contributed by atoms with Gasteiger partial charge in [0.15, 0.2) is 0 Å². The van der Waals surface area contributed by atoms with Gasteiger partial charge in [0, 0.05) is 12.6 Å². The van der Waals surface area contributed by atoms with Crippen molar-refractivity contribution in [1.29, 1.82) is 0 Å². The van der Waals surface area contributed by atoms with Crippen LogP contribution in [0, 0.1) is 5.92 Å². The molecule has 3 nitrogen and oxygen atoms in total. The van der Waals surface area contributed by atoms with Gasteiger partial charge in [0.05, 0.1) is 13.2 Å². The van der Waals surface area contributed by atoms with Gasteiger partial charge in [-0.15, -0.1) is 6.58 Å².